The summed E-state index contributed by atoms with van der Waals surface area (Å²) >= 11 is 0. The molecule has 0 N–H and O–H groups in total. The predicted octanol–water partition coefficient (Wildman–Crippen LogP) is 1.99. The normalized spacial score (nSPS) is 9.08. The first-order chi connectivity index (χ1) is 5.76. The van der Waals surface area contributed by atoms with Crippen molar-refractivity contribution in [3.63, 3.8) is 0 Å². The molecule has 12 heavy (non-hydrogen) atoms. The van der Waals surface area contributed by atoms with Crippen LogP contribution in [0.1, 0.15) is 19.8 Å². The molecule has 0 aromatic heterocycles. The lowest BCUT2D eigenvalue weighted by Gasteiger charge is -2.18. The molecule has 0 aliphatic carbocycles. The Bertz CT molecular complexity index is 163. The third kappa shape index (κ3) is 3.96. The van der Waals surface area contributed by atoms with E-state index < -0.39 is 0 Å². The van der Waals surface area contributed by atoms with Gasteiger partial charge in [0.1, 0.15) is 0 Å². The molecular formula is C10H17NO. The molecule has 68 valence electrons. The Kier molecular flexibility index (Phi) is 6.07. The lowest BCUT2D eigenvalue weighted by atomic mass is 10.3. The number of nitrogens with zero attached hydrogens (tertiary/aromatic N) is 1. The lowest BCUT2D eigenvalue weighted by molar-refractivity contribution is -0.125. The number of carbonyl (C=O) groups is 1. The highest BCUT2D eigenvalue weighted by atomic mass is 16.2. The number of rotatable bonds is 6. The van der Waals surface area contributed by atoms with Crippen LogP contribution >= 0.6 is 0 Å². The molecule has 0 bridgehead atoms. The van der Waals surface area contributed by atoms with Crippen molar-refractivity contribution in [1.82, 2.24) is 4.90 Å². The molecule has 0 aromatic carbocycles. The first-order valence-corrected chi connectivity index (χ1v) is 4.28. The van der Waals surface area contributed by atoms with E-state index in [1.54, 1.807) is 11.0 Å². The van der Waals surface area contributed by atoms with E-state index in [2.05, 4.69) is 20.1 Å². The van der Waals surface area contributed by atoms with E-state index in [0.29, 0.717) is 6.54 Å². The highest BCUT2D eigenvalue weighted by Gasteiger charge is 2.05. The van der Waals surface area contributed by atoms with Gasteiger partial charge in [-0.3, -0.25) is 4.79 Å². The zero-order chi connectivity index (χ0) is 9.40. The third-order valence-corrected chi connectivity index (χ3v) is 1.62. The standard InChI is InChI=1S/C10H17NO/c1-4-7-9-11(8-5-2)10(12)6-3/h5-6H,2-4,7-9H2,1H3. The second kappa shape index (κ2) is 6.65. The van der Waals surface area contributed by atoms with Crippen LogP contribution in [0.5, 0.6) is 0 Å². The number of carbonyl (C=O) groups excluding carboxylic acids is 1. The summed E-state index contributed by atoms with van der Waals surface area (Å²) in [7, 11) is 0. The van der Waals surface area contributed by atoms with Gasteiger partial charge in [0.2, 0.25) is 5.91 Å². The smallest absolute Gasteiger partial charge is 0.246 e. The van der Waals surface area contributed by atoms with E-state index in [9.17, 15) is 4.79 Å². The van der Waals surface area contributed by atoms with Crippen molar-refractivity contribution in [3.8, 4) is 0 Å². The summed E-state index contributed by atoms with van der Waals surface area (Å²) in [6, 6.07) is 0. The van der Waals surface area contributed by atoms with Crippen molar-refractivity contribution < 1.29 is 4.79 Å². The second-order valence-corrected chi connectivity index (χ2v) is 2.63. The molecule has 0 unspecified atom stereocenters. The van der Waals surface area contributed by atoms with Crippen molar-refractivity contribution >= 4 is 5.91 Å². The minimum absolute atomic E-state index is 0.0108. The molecule has 0 atom stereocenters. The highest BCUT2D eigenvalue weighted by molar-refractivity contribution is 5.87. The minimum Gasteiger partial charge on any atom is -0.335 e. The van der Waals surface area contributed by atoms with Crippen LogP contribution in [0.15, 0.2) is 25.3 Å². The Morgan fingerprint density at radius 2 is 2.17 bits per heavy atom. The zero-order valence-electron chi connectivity index (χ0n) is 7.75. The Hall–Kier alpha value is -1.05. The van der Waals surface area contributed by atoms with Crippen molar-refractivity contribution in [2.45, 2.75) is 19.8 Å². The maximum absolute atomic E-state index is 11.2. The molecule has 0 aromatic rings. The van der Waals surface area contributed by atoms with Gasteiger partial charge in [-0.25, -0.2) is 0 Å². The summed E-state index contributed by atoms with van der Waals surface area (Å²) in [5.41, 5.74) is 0. The summed E-state index contributed by atoms with van der Waals surface area (Å²) < 4.78 is 0. The van der Waals surface area contributed by atoms with Gasteiger partial charge in [0.05, 0.1) is 0 Å². The molecule has 0 spiro atoms. The number of hydrogen-bond donors (Lipinski definition) is 0. The minimum atomic E-state index is -0.0108. The van der Waals surface area contributed by atoms with Gasteiger partial charge in [-0.1, -0.05) is 26.0 Å². The maximum Gasteiger partial charge on any atom is 0.246 e. The van der Waals surface area contributed by atoms with Gasteiger partial charge in [0.25, 0.3) is 0 Å². The molecule has 0 saturated carbocycles. The first-order valence-electron chi connectivity index (χ1n) is 4.28. The first kappa shape index (κ1) is 11.0. The maximum atomic E-state index is 11.2. The summed E-state index contributed by atoms with van der Waals surface area (Å²) in [5.74, 6) is -0.0108. The largest absolute Gasteiger partial charge is 0.335 e. The van der Waals surface area contributed by atoms with Gasteiger partial charge in [-0.05, 0) is 12.5 Å². The molecule has 0 saturated heterocycles. The summed E-state index contributed by atoms with van der Waals surface area (Å²) in [4.78, 5) is 12.9. The fourth-order valence-electron chi connectivity index (χ4n) is 0.925. The number of amides is 1. The van der Waals surface area contributed by atoms with Crippen molar-refractivity contribution in [2.75, 3.05) is 13.1 Å². The molecule has 0 heterocycles. The molecule has 0 rings (SSSR count). The average Bonchev–Trinajstić information content (AvgIpc) is 2.11. The van der Waals surface area contributed by atoms with Crippen LogP contribution in [0.25, 0.3) is 0 Å². The van der Waals surface area contributed by atoms with Crippen molar-refractivity contribution in [3.05, 3.63) is 25.3 Å². The Balaban J connectivity index is 3.92. The van der Waals surface area contributed by atoms with E-state index in [1.807, 2.05) is 0 Å². The van der Waals surface area contributed by atoms with E-state index in [0.717, 1.165) is 19.4 Å². The van der Waals surface area contributed by atoms with Crippen LogP contribution in [-0.2, 0) is 4.79 Å². The van der Waals surface area contributed by atoms with Gasteiger partial charge >= 0.3 is 0 Å². The topological polar surface area (TPSA) is 20.3 Å². The lowest BCUT2D eigenvalue weighted by Crippen LogP contribution is -2.30. The predicted molar refractivity (Wildman–Crippen MR) is 51.9 cm³/mol. The number of hydrogen-bond acceptors (Lipinski definition) is 1. The number of unbranched alkanes of at least 4 members (excludes halogenated alkanes) is 1. The fourth-order valence-corrected chi connectivity index (χ4v) is 0.925. The van der Waals surface area contributed by atoms with Crippen LogP contribution in [0.4, 0.5) is 0 Å². The van der Waals surface area contributed by atoms with Crippen LogP contribution < -0.4 is 0 Å². The van der Waals surface area contributed by atoms with Crippen LogP contribution in [0.2, 0.25) is 0 Å². The van der Waals surface area contributed by atoms with Crippen LogP contribution in [0.3, 0.4) is 0 Å². The zero-order valence-corrected chi connectivity index (χ0v) is 7.75. The van der Waals surface area contributed by atoms with E-state index in [1.165, 1.54) is 6.08 Å². The second-order valence-electron chi connectivity index (χ2n) is 2.63. The van der Waals surface area contributed by atoms with Gasteiger partial charge in [-0.2, -0.15) is 0 Å². The summed E-state index contributed by atoms with van der Waals surface area (Å²) in [5, 5.41) is 0. The average molecular weight is 167 g/mol. The van der Waals surface area contributed by atoms with Crippen LogP contribution in [-0.4, -0.2) is 23.9 Å². The van der Waals surface area contributed by atoms with E-state index in [-0.39, 0.29) is 5.91 Å². The monoisotopic (exact) mass is 167 g/mol. The van der Waals surface area contributed by atoms with Gasteiger partial charge in [-0.15, -0.1) is 6.58 Å². The molecule has 0 radical (unpaired) electrons. The molecule has 0 aliphatic rings. The van der Waals surface area contributed by atoms with Gasteiger partial charge in [0.15, 0.2) is 0 Å². The van der Waals surface area contributed by atoms with Crippen LogP contribution in [0, 0.1) is 0 Å². The molecule has 0 aliphatic heterocycles. The van der Waals surface area contributed by atoms with Gasteiger partial charge < -0.3 is 4.90 Å². The molecular weight excluding hydrogens is 150 g/mol. The SMILES string of the molecule is C=CCN(CCCC)C(=O)C=C. The highest BCUT2D eigenvalue weighted by Crippen LogP contribution is 1.96. The summed E-state index contributed by atoms with van der Waals surface area (Å²) in [6.07, 6.45) is 5.21. The third-order valence-electron chi connectivity index (χ3n) is 1.62. The van der Waals surface area contributed by atoms with Gasteiger partial charge in [0, 0.05) is 13.1 Å². The molecule has 1 amide bonds. The van der Waals surface area contributed by atoms with Crippen molar-refractivity contribution in [2.24, 2.45) is 0 Å². The Morgan fingerprint density at radius 3 is 2.58 bits per heavy atom. The quantitative estimate of drug-likeness (QED) is 0.437. The molecule has 2 heteroatoms. The Morgan fingerprint density at radius 1 is 1.50 bits per heavy atom. The fraction of sp³-hybridized carbons (Fsp3) is 0.500. The van der Waals surface area contributed by atoms with E-state index >= 15 is 0 Å². The molecule has 2 nitrogen and oxygen atoms in total. The Labute approximate surface area is 74.6 Å². The van der Waals surface area contributed by atoms with Crippen molar-refractivity contribution in [1.29, 1.82) is 0 Å². The summed E-state index contributed by atoms with van der Waals surface area (Å²) in [6.45, 7) is 10.6. The van der Waals surface area contributed by atoms with E-state index in [4.69, 9.17) is 0 Å². The molecule has 0 fully saturated rings.